The summed E-state index contributed by atoms with van der Waals surface area (Å²) < 4.78 is 11.1. The summed E-state index contributed by atoms with van der Waals surface area (Å²) >= 11 is 1.46. The van der Waals surface area contributed by atoms with Gasteiger partial charge in [0.25, 0.3) is 0 Å². The van der Waals surface area contributed by atoms with E-state index in [0.717, 1.165) is 11.3 Å². The second-order valence-electron chi connectivity index (χ2n) is 7.52. The van der Waals surface area contributed by atoms with Crippen LogP contribution in [0, 0.1) is 5.92 Å². The number of hydrogen-bond acceptors (Lipinski definition) is 6. The first-order chi connectivity index (χ1) is 15.2. The van der Waals surface area contributed by atoms with E-state index in [2.05, 4.69) is 22.4 Å². The monoisotopic (exact) mass is 435 g/mol. The van der Waals surface area contributed by atoms with Crippen LogP contribution in [0.2, 0.25) is 0 Å². The molecule has 0 saturated carbocycles. The Kier molecular flexibility index (Phi) is 5.30. The molecule has 0 spiro atoms. The molecule has 31 heavy (non-hydrogen) atoms. The standard InChI is InChI=1S/C23H21N3O4S/c27-21-11-16(14-26(21)17-6-7-19-20(12-17)30-9-8-29-19)22(28)25-23-24-13-18(31-23)10-15-4-2-1-3-5-15/h1-7,12-13,16H,8-11,14H2,(H,24,25,28)/t16-/m1/s1. The van der Waals surface area contributed by atoms with Crippen molar-refractivity contribution in [1.82, 2.24) is 4.98 Å². The number of anilines is 2. The third-order valence-corrected chi connectivity index (χ3v) is 6.25. The molecule has 3 heterocycles. The summed E-state index contributed by atoms with van der Waals surface area (Å²) in [5.74, 6) is 0.598. The van der Waals surface area contributed by atoms with E-state index < -0.39 is 5.92 Å². The maximum atomic E-state index is 12.8. The molecule has 0 unspecified atom stereocenters. The average molecular weight is 436 g/mol. The van der Waals surface area contributed by atoms with Gasteiger partial charge in [0.1, 0.15) is 13.2 Å². The molecule has 2 aliphatic rings. The Labute approximate surface area is 183 Å². The molecule has 1 saturated heterocycles. The zero-order valence-corrected chi connectivity index (χ0v) is 17.6. The fourth-order valence-electron chi connectivity index (χ4n) is 3.78. The minimum Gasteiger partial charge on any atom is -0.486 e. The highest BCUT2D eigenvalue weighted by atomic mass is 32.1. The second kappa shape index (κ2) is 8.39. The van der Waals surface area contributed by atoms with Gasteiger partial charge in [0.05, 0.1) is 5.92 Å². The molecule has 158 valence electrons. The van der Waals surface area contributed by atoms with Gasteiger partial charge < -0.3 is 19.7 Å². The summed E-state index contributed by atoms with van der Waals surface area (Å²) in [6.45, 7) is 1.32. The molecule has 5 rings (SSSR count). The molecule has 2 amide bonds. The van der Waals surface area contributed by atoms with E-state index in [1.807, 2.05) is 24.3 Å². The van der Waals surface area contributed by atoms with E-state index in [-0.39, 0.29) is 18.2 Å². The van der Waals surface area contributed by atoms with E-state index >= 15 is 0 Å². The summed E-state index contributed by atoms with van der Waals surface area (Å²) in [7, 11) is 0. The van der Waals surface area contributed by atoms with E-state index in [1.54, 1.807) is 23.2 Å². The maximum Gasteiger partial charge on any atom is 0.231 e. The number of amides is 2. The zero-order valence-electron chi connectivity index (χ0n) is 16.7. The van der Waals surface area contributed by atoms with Gasteiger partial charge in [0.15, 0.2) is 16.6 Å². The van der Waals surface area contributed by atoms with Gasteiger partial charge in [-0.1, -0.05) is 30.3 Å². The largest absolute Gasteiger partial charge is 0.486 e. The molecule has 1 atom stereocenters. The van der Waals surface area contributed by atoms with Gasteiger partial charge in [0, 0.05) is 42.2 Å². The Bertz CT molecular complexity index is 1120. The molecule has 2 aliphatic heterocycles. The van der Waals surface area contributed by atoms with Crippen molar-refractivity contribution < 1.29 is 19.1 Å². The number of rotatable bonds is 5. The zero-order chi connectivity index (χ0) is 21.2. The fraction of sp³-hybridized carbons (Fsp3) is 0.261. The van der Waals surface area contributed by atoms with Crippen LogP contribution in [0.4, 0.5) is 10.8 Å². The minimum absolute atomic E-state index is 0.0827. The third-order valence-electron chi connectivity index (χ3n) is 5.34. The second-order valence-corrected chi connectivity index (χ2v) is 8.63. The van der Waals surface area contributed by atoms with Crippen LogP contribution >= 0.6 is 11.3 Å². The van der Waals surface area contributed by atoms with Crippen molar-refractivity contribution >= 4 is 34.0 Å². The van der Waals surface area contributed by atoms with Crippen molar-refractivity contribution in [3.63, 3.8) is 0 Å². The van der Waals surface area contributed by atoms with Crippen molar-refractivity contribution in [2.24, 2.45) is 5.92 Å². The number of benzene rings is 2. The normalized spacial score (nSPS) is 17.6. The number of nitrogens with zero attached hydrogens (tertiary/aromatic N) is 2. The van der Waals surface area contributed by atoms with Gasteiger partial charge in [-0.05, 0) is 17.7 Å². The van der Waals surface area contributed by atoms with Gasteiger partial charge in [-0.25, -0.2) is 4.98 Å². The molecule has 1 N–H and O–H groups in total. The number of fused-ring (bicyclic) bond motifs is 1. The van der Waals surface area contributed by atoms with Crippen LogP contribution in [-0.2, 0) is 16.0 Å². The smallest absolute Gasteiger partial charge is 0.231 e. The number of thiazole rings is 1. The molecule has 2 aromatic carbocycles. The van der Waals surface area contributed by atoms with Gasteiger partial charge in [0.2, 0.25) is 11.8 Å². The van der Waals surface area contributed by atoms with Crippen molar-refractivity contribution in [3.05, 3.63) is 65.2 Å². The Morgan fingerprint density at radius 2 is 1.94 bits per heavy atom. The number of ether oxygens (including phenoxy) is 2. The summed E-state index contributed by atoms with van der Waals surface area (Å²) in [6.07, 6.45) is 2.73. The lowest BCUT2D eigenvalue weighted by atomic mass is 10.1. The van der Waals surface area contributed by atoms with Crippen LogP contribution in [0.1, 0.15) is 16.9 Å². The summed E-state index contributed by atoms with van der Waals surface area (Å²) in [6, 6.07) is 15.5. The number of aromatic nitrogens is 1. The minimum atomic E-state index is -0.429. The van der Waals surface area contributed by atoms with Crippen LogP contribution in [0.15, 0.2) is 54.7 Å². The van der Waals surface area contributed by atoms with Crippen molar-refractivity contribution in [3.8, 4) is 11.5 Å². The molecule has 0 aliphatic carbocycles. The number of carbonyl (C=O) groups is 2. The van der Waals surface area contributed by atoms with Crippen LogP contribution in [0.5, 0.6) is 11.5 Å². The molecule has 3 aromatic rings. The van der Waals surface area contributed by atoms with Crippen LogP contribution in [-0.4, -0.2) is 36.6 Å². The quantitative estimate of drug-likeness (QED) is 0.664. The topological polar surface area (TPSA) is 80.8 Å². The number of nitrogens with one attached hydrogen (secondary N) is 1. The maximum absolute atomic E-state index is 12.8. The molecule has 0 bridgehead atoms. The highest BCUT2D eigenvalue weighted by Crippen LogP contribution is 2.36. The predicted octanol–water partition coefficient (Wildman–Crippen LogP) is 3.50. The Balaban J connectivity index is 1.22. The van der Waals surface area contributed by atoms with Crippen molar-refractivity contribution in [2.45, 2.75) is 12.8 Å². The van der Waals surface area contributed by atoms with Crippen LogP contribution in [0.25, 0.3) is 0 Å². The highest BCUT2D eigenvalue weighted by Gasteiger charge is 2.36. The van der Waals surface area contributed by atoms with E-state index in [1.165, 1.54) is 16.9 Å². The molecule has 0 radical (unpaired) electrons. The lowest BCUT2D eigenvalue weighted by Gasteiger charge is -2.22. The lowest BCUT2D eigenvalue weighted by Crippen LogP contribution is -2.28. The fourth-order valence-corrected chi connectivity index (χ4v) is 4.63. The first-order valence-corrected chi connectivity index (χ1v) is 11.0. The molecular formula is C23H21N3O4S. The van der Waals surface area contributed by atoms with E-state index in [9.17, 15) is 9.59 Å². The number of carbonyl (C=O) groups excluding carboxylic acids is 2. The molecule has 7 nitrogen and oxygen atoms in total. The van der Waals surface area contributed by atoms with E-state index in [0.29, 0.717) is 42.1 Å². The Morgan fingerprint density at radius 3 is 2.77 bits per heavy atom. The van der Waals surface area contributed by atoms with Crippen LogP contribution in [0.3, 0.4) is 0 Å². The van der Waals surface area contributed by atoms with Crippen LogP contribution < -0.4 is 19.7 Å². The van der Waals surface area contributed by atoms with Gasteiger partial charge >= 0.3 is 0 Å². The third kappa shape index (κ3) is 4.25. The summed E-state index contributed by atoms with van der Waals surface area (Å²) in [5, 5.41) is 3.43. The van der Waals surface area contributed by atoms with Crippen molar-refractivity contribution in [1.29, 1.82) is 0 Å². The molecule has 1 aromatic heterocycles. The van der Waals surface area contributed by atoms with Crippen molar-refractivity contribution in [2.75, 3.05) is 30.0 Å². The summed E-state index contributed by atoms with van der Waals surface area (Å²) in [5.41, 5.74) is 1.91. The Morgan fingerprint density at radius 1 is 1.13 bits per heavy atom. The first kappa shape index (κ1) is 19.6. The van der Waals surface area contributed by atoms with Gasteiger partial charge in [-0.2, -0.15) is 0 Å². The van der Waals surface area contributed by atoms with E-state index in [4.69, 9.17) is 9.47 Å². The van der Waals surface area contributed by atoms with Gasteiger partial charge in [-0.15, -0.1) is 11.3 Å². The highest BCUT2D eigenvalue weighted by molar-refractivity contribution is 7.15. The average Bonchev–Trinajstić information content (AvgIpc) is 3.40. The SMILES string of the molecule is O=C(Nc1ncc(Cc2ccccc2)s1)[C@@H]1CC(=O)N(c2ccc3c(c2)OCCO3)C1. The van der Waals surface area contributed by atoms with Gasteiger partial charge in [-0.3, -0.25) is 9.59 Å². The predicted molar refractivity (Wildman–Crippen MR) is 118 cm³/mol. The first-order valence-electron chi connectivity index (χ1n) is 10.2. The molecule has 1 fully saturated rings. The molecular weight excluding hydrogens is 414 g/mol. The number of hydrogen-bond donors (Lipinski definition) is 1. The Hall–Kier alpha value is -3.39. The molecule has 8 heteroatoms. The lowest BCUT2D eigenvalue weighted by molar-refractivity contribution is -0.122. The summed E-state index contributed by atoms with van der Waals surface area (Å²) in [4.78, 5) is 32.4.